The summed E-state index contributed by atoms with van der Waals surface area (Å²) in [5.41, 5.74) is 3.66. The van der Waals surface area contributed by atoms with Crippen molar-refractivity contribution >= 4 is 38.6 Å². The number of nitrogens with zero attached hydrogens (tertiary/aromatic N) is 4. The van der Waals surface area contributed by atoms with Gasteiger partial charge in [0, 0.05) is 60.8 Å². The predicted octanol–water partition coefficient (Wildman–Crippen LogP) is 7.76. The number of methoxy groups -OCH3 is 1. The highest BCUT2D eigenvalue weighted by Gasteiger charge is 2.35. The molecule has 12 heteroatoms. The summed E-state index contributed by atoms with van der Waals surface area (Å²) in [4.78, 5) is 21.3. The number of halogens is 4. The van der Waals surface area contributed by atoms with Crippen molar-refractivity contribution in [3.63, 3.8) is 0 Å². The second-order valence-corrected chi connectivity index (χ2v) is 13.6. The fraction of sp³-hybridized carbons (Fsp3) is 0.429. The van der Waals surface area contributed by atoms with Crippen LogP contribution in [0.15, 0.2) is 65.3 Å². The van der Waals surface area contributed by atoms with Crippen LogP contribution in [0.3, 0.4) is 0 Å². The number of ether oxygens (including phenoxy) is 2. The predicted molar refractivity (Wildman–Crippen MR) is 179 cm³/mol. The third kappa shape index (κ3) is 8.10. The van der Waals surface area contributed by atoms with Crippen molar-refractivity contribution < 1.29 is 32.5 Å². The highest BCUT2D eigenvalue weighted by Crippen LogP contribution is 2.44. The summed E-state index contributed by atoms with van der Waals surface area (Å²) < 4.78 is 56.1. The van der Waals surface area contributed by atoms with E-state index in [0.29, 0.717) is 71.7 Å². The van der Waals surface area contributed by atoms with Crippen LogP contribution in [0.2, 0.25) is 0 Å². The van der Waals surface area contributed by atoms with E-state index in [-0.39, 0.29) is 13.2 Å². The fourth-order valence-corrected chi connectivity index (χ4v) is 6.31. The van der Waals surface area contributed by atoms with Gasteiger partial charge in [0.05, 0.1) is 29.4 Å². The summed E-state index contributed by atoms with van der Waals surface area (Å²) in [6.07, 6.45) is -3.31. The summed E-state index contributed by atoms with van der Waals surface area (Å²) >= 11 is 3.52. The van der Waals surface area contributed by atoms with Gasteiger partial charge in [-0.1, -0.05) is 60.1 Å². The lowest BCUT2D eigenvalue weighted by Crippen LogP contribution is -2.49. The first kappa shape index (κ1) is 34.7. The summed E-state index contributed by atoms with van der Waals surface area (Å²) in [5.74, 6) is 0. The number of hydrogen-bond acceptors (Lipinski definition) is 6. The van der Waals surface area contributed by atoms with Gasteiger partial charge in [0.1, 0.15) is 13.2 Å². The van der Waals surface area contributed by atoms with Gasteiger partial charge in [-0.05, 0) is 54.2 Å². The van der Waals surface area contributed by atoms with E-state index in [9.17, 15) is 23.1 Å². The zero-order valence-electron chi connectivity index (χ0n) is 27.0. The number of carbonyl (C=O) groups is 1. The van der Waals surface area contributed by atoms with Crippen molar-refractivity contribution in [3.05, 3.63) is 82.1 Å². The van der Waals surface area contributed by atoms with E-state index in [1.165, 1.54) is 4.57 Å². The Morgan fingerprint density at radius 2 is 1.77 bits per heavy atom. The number of pyridine rings is 1. The molecule has 4 aromatic rings. The fourth-order valence-electron chi connectivity index (χ4n) is 5.95. The van der Waals surface area contributed by atoms with Crippen molar-refractivity contribution in [1.82, 2.24) is 14.5 Å². The molecule has 1 N–H and O–H groups in total. The Morgan fingerprint density at radius 1 is 1.06 bits per heavy atom. The van der Waals surface area contributed by atoms with Crippen LogP contribution < -0.4 is 4.90 Å². The molecule has 5 rings (SSSR count). The lowest BCUT2D eigenvalue weighted by molar-refractivity contribution is -0.139. The number of fused-ring (bicyclic) bond motifs is 1. The molecule has 1 aliphatic heterocycles. The maximum Gasteiger partial charge on any atom is 0.410 e. The second-order valence-electron chi connectivity index (χ2n) is 12.7. The van der Waals surface area contributed by atoms with Crippen molar-refractivity contribution in [2.75, 3.05) is 44.8 Å². The second kappa shape index (κ2) is 14.2. The Kier molecular flexibility index (Phi) is 10.5. The first-order chi connectivity index (χ1) is 22.3. The van der Waals surface area contributed by atoms with Crippen LogP contribution in [-0.4, -0.2) is 71.7 Å². The Hall–Kier alpha value is -3.61. The topological polar surface area (TPSA) is 80.1 Å². The van der Waals surface area contributed by atoms with Gasteiger partial charge >= 0.3 is 12.3 Å². The molecule has 0 spiro atoms. The molecule has 8 nitrogen and oxygen atoms in total. The van der Waals surface area contributed by atoms with Crippen molar-refractivity contribution in [2.24, 2.45) is 5.41 Å². The number of benzene rings is 2. The Labute approximate surface area is 281 Å². The van der Waals surface area contributed by atoms with E-state index < -0.39 is 30.3 Å². The minimum Gasteiger partial charge on any atom is -0.445 e. The first-order valence-electron chi connectivity index (χ1n) is 15.5. The molecular formula is C35H40BrF3N4O4. The molecule has 0 saturated carbocycles. The number of carbonyl (C=O) groups excluding carboxylic acids is 1. The third-order valence-corrected chi connectivity index (χ3v) is 9.06. The van der Waals surface area contributed by atoms with Crippen molar-refractivity contribution in [2.45, 2.75) is 52.6 Å². The highest BCUT2D eigenvalue weighted by atomic mass is 79.9. The molecule has 1 fully saturated rings. The van der Waals surface area contributed by atoms with Gasteiger partial charge in [-0.25, -0.2) is 4.79 Å². The number of aliphatic hydroxyl groups excluding tert-OH is 1. The van der Waals surface area contributed by atoms with Gasteiger partial charge in [0.2, 0.25) is 0 Å². The number of anilines is 1. The quantitative estimate of drug-likeness (QED) is 0.181. The van der Waals surface area contributed by atoms with Gasteiger partial charge in [-0.3, -0.25) is 4.98 Å². The number of aliphatic hydroxyl groups is 1. The molecule has 1 amide bonds. The van der Waals surface area contributed by atoms with E-state index in [1.54, 1.807) is 30.3 Å². The molecule has 2 aromatic carbocycles. The zero-order valence-corrected chi connectivity index (χ0v) is 28.6. The molecule has 252 valence electrons. The summed E-state index contributed by atoms with van der Waals surface area (Å²) in [6.45, 7) is 6.03. The third-order valence-electron chi connectivity index (χ3n) is 8.56. The lowest BCUT2D eigenvalue weighted by Gasteiger charge is -2.36. The van der Waals surface area contributed by atoms with Gasteiger partial charge in [-0.2, -0.15) is 13.2 Å². The molecule has 47 heavy (non-hydrogen) atoms. The van der Waals surface area contributed by atoms with Gasteiger partial charge in [-0.15, -0.1) is 0 Å². The molecule has 1 aliphatic rings. The summed E-state index contributed by atoms with van der Waals surface area (Å²) in [5, 5.41) is 10.9. The SMILES string of the molecule is CO[C@@H](C)c1cc(-c2c(CC(C)(C)CO)c3cc(Br)ccc3n2CC(F)(F)F)c(N2CCN(C(=O)OCc3ccccc3)CC2)cn1. The molecule has 1 saturated heterocycles. The number of amides is 1. The van der Waals surface area contributed by atoms with E-state index in [1.807, 2.05) is 63.2 Å². The smallest absolute Gasteiger partial charge is 0.410 e. The maximum absolute atomic E-state index is 14.3. The van der Waals surface area contributed by atoms with Gasteiger partial charge in [0.15, 0.2) is 0 Å². The first-order valence-corrected chi connectivity index (χ1v) is 16.3. The number of rotatable bonds is 10. The molecule has 3 heterocycles. The van der Waals surface area contributed by atoms with Crippen molar-refractivity contribution in [1.29, 1.82) is 0 Å². The average molecular weight is 718 g/mol. The minimum atomic E-state index is -4.50. The summed E-state index contributed by atoms with van der Waals surface area (Å²) in [6, 6.07) is 16.5. The molecule has 0 radical (unpaired) electrons. The van der Waals surface area contributed by atoms with E-state index in [0.717, 1.165) is 10.0 Å². The molecule has 0 aliphatic carbocycles. The van der Waals surface area contributed by atoms with Gasteiger partial charge < -0.3 is 28.9 Å². The highest BCUT2D eigenvalue weighted by molar-refractivity contribution is 9.10. The van der Waals surface area contributed by atoms with Crippen LogP contribution in [0.1, 0.15) is 43.7 Å². The monoisotopic (exact) mass is 716 g/mol. The normalized spacial score (nSPS) is 14.9. The summed E-state index contributed by atoms with van der Waals surface area (Å²) in [7, 11) is 1.56. The van der Waals surface area contributed by atoms with E-state index in [4.69, 9.17) is 9.47 Å². The molecule has 0 bridgehead atoms. The van der Waals surface area contributed by atoms with Crippen LogP contribution in [0.5, 0.6) is 0 Å². The number of hydrogen-bond donors (Lipinski definition) is 1. The van der Waals surface area contributed by atoms with Crippen LogP contribution in [0.25, 0.3) is 22.2 Å². The Bertz CT molecular complexity index is 1700. The minimum absolute atomic E-state index is 0.149. The lowest BCUT2D eigenvalue weighted by atomic mass is 9.84. The van der Waals surface area contributed by atoms with Crippen molar-refractivity contribution in [3.8, 4) is 11.3 Å². The molecule has 0 unspecified atom stereocenters. The van der Waals surface area contributed by atoms with Gasteiger partial charge in [0.25, 0.3) is 0 Å². The van der Waals surface area contributed by atoms with Crippen LogP contribution in [0.4, 0.5) is 23.7 Å². The maximum atomic E-state index is 14.3. The zero-order chi connectivity index (χ0) is 33.9. The van der Waals surface area contributed by atoms with Crippen LogP contribution >= 0.6 is 15.9 Å². The standard InChI is InChI=1S/C35H40BrF3N4O4/c1-23(46-4)29-17-27(31(19-40-29)41-12-14-42(15-13-41)33(45)47-20-24-8-6-5-7-9-24)32-28(18-34(2,3)22-44)26-16-25(36)10-11-30(26)43(32)21-35(37,38)39/h5-11,16-17,19,23,44H,12-15,18,20-22H2,1-4H3/t23-/m0/s1. The largest absolute Gasteiger partial charge is 0.445 e. The van der Waals surface area contributed by atoms with E-state index >= 15 is 0 Å². The van der Waals surface area contributed by atoms with Crippen LogP contribution in [0, 0.1) is 5.41 Å². The Balaban J connectivity index is 1.58. The molecular weight excluding hydrogens is 677 g/mol. The molecule has 2 aromatic heterocycles. The molecule has 1 atom stereocenters. The number of aromatic nitrogens is 2. The van der Waals surface area contributed by atoms with Crippen LogP contribution in [-0.2, 0) is 29.0 Å². The van der Waals surface area contributed by atoms with E-state index in [2.05, 4.69) is 25.8 Å². The average Bonchev–Trinajstić information content (AvgIpc) is 3.32. The number of alkyl halides is 3. The number of piperazine rings is 1. The Morgan fingerprint density at radius 3 is 2.40 bits per heavy atom.